The lowest BCUT2D eigenvalue weighted by molar-refractivity contribution is -0.118. The van der Waals surface area contributed by atoms with E-state index >= 15 is 0 Å². The number of methoxy groups -OCH3 is 1. The zero-order valence-corrected chi connectivity index (χ0v) is 16.8. The third-order valence-electron chi connectivity index (χ3n) is 4.45. The summed E-state index contributed by atoms with van der Waals surface area (Å²) in [6.07, 6.45) is 0. The van der Waals surface area contributed by atoms with Crippen LogP contribution in [0.1, 0.15) is 12.5 Å². The Hall–Kier alpha value is -3.47. The van der Waals surface area contributed by atoms with E-state index in [0.29, 0.717) is 19.7 Å². The van der Waals surface area contributed by atoms with Gasteiger partial charge in [0.15, 0.2) is 0 Å². The standard InChI is InChI=1S/C24H26N2O3/c1-19(27)25-14-15-26(21-10-6-12-23(16-21)28-2)22-11-7-13-24(17-22)29-18-20-8-4-3-5-9-20/h3-13,16-17H,14-15,18H2,1-2H3,(H,25,27). The highest BCUT2D eigenvalue weighted by Crippen LogP contribution is 2.30. The van der Waals surface area contributed by atoms with Gasteiger partial charge in [0.2, 0.25) is 5.91 Å². The van der Waals surface area contributed by atoms with Crippen LogP contribution in [0.5, 0.6) is 11.5 Å². The number of nitrogens with one attached hydrogen (secondary N) is 1. The van der Waals surface area contributed by atoms with Crippen molar-refractivity contribution in [2.75, 3.05) is 25.1 Å². The summed E-state index contributed by atoms with van der Waals surface area (Å²) in [5.74, 6) is 1.53. The van der Waals surface area contributed by atoms with Crippen molar-refractivity contribution < 1.29 is 14.3 Å². The molecule has 0 aliphatic heterocycles. The number of nitrogens with zero attached hydrogens (tertiary/aromatic N) is 1. The number of rotatable bonds is 9. The van der Waals surface area contributed by atoms with Crippen molar-refractivity contribution in [3.05, 3.63) is 84.4 Å². The van der Waals surface area contributed by atoms with E-state index in [-0.39, 0.29) is 5.91 Å². The second-order valence-corrected chi connectivity index (χ2v) is 6.61. The predicted molar refractivity (Wildman–Crippen MR) is 116 cm³/mol. The largest absolute Gasteiger partial charge is 0.497 e. The Balaban J connectivity index is 1.81. The third kappa shape index (κ3) is 6.01. The summed E-state index contributed by atoms with van der Waals surface area (Å²) in [5.41, 5.74) is 3.08. The fourth-order valence-corrected chi connectivity index (χ4v) is 3.01. The number of hydrogen-bond donors (Lipinski definition) is 1. The van der Waals surface area contributed by atoms with E-state index < -0.39 is 0 Å². The van der Waals surface area contributed by atoms with E-state index in [0.717, 1.165) is 28.4 Å². The van der Waals surface area contributed by atoms with Crippen LogP contribution in [0.4, 0.5) is 11.4 Å². The fraction of sp³-hybridized carbons (Fsp3) is 0.208. The summed E-state index contributed by atoms with van der Waals surface area (Å²) in [7, 11) is 1.65. The molecule has 5 heteroatoms. The predicted octanol–water partition coefficient (Wildman–Crippen LogP) is 4.55. The first kappa shape index (κ1) is 20.3. The Bertz CT molecular complexity index is 928. The van der Waals surface area contributed by atoms with Crippen LogP contribution in [0.25, 0.3) is 0 Å². The minimum Gasteiger partial charge on any atom is -0.497 e. The number of anilines is 2. The molecule has 29 heavy (non-hydrogen) atoms. The zero-order valence-electron chi connectivity index (χ0n) is 16.8. The molecule has 1 amide bonds. The molecule has 0 bridgehead atoms. The molecule has 5 nitrogen and oxygen atoms in total. The van der Waals surface area contributed by atoms with Crippen LogP contribution in [-0.2, 0) is 11.4 Å². The molecule has 0 spiro atoms. The van der Waals surface area contributed by atoms with Gasteiger partial charge < -0.3 is 19.7 Å². The van der Waals surface area contributed by atoms with Crippen molar-refractivity contribution in [3.8, 4) is 11.5 Å². The van der Waals surface area contributed by atoms with Crippen molar-refractivity contribution in [2.24, 2.45) is 0 Å². The van der Waals surface area contributed by atoms with Crippen LogP contribution in [0.15, 0.2) is 78.9 Å². The van der Waals surface area contributed by atoms with E-state index in [2.05, 4.69) is 10.2 Å². The van der Waals surface area contributed by atoms with Gasteiger partial charge >= 0.3 is 0 Å². The lowest BCUT2D eigenvalue weighted by Gasteiger charge is -2.26. The minimum atomic E-state index is -0.0458. The van der Waals surface area contributed by atoms with Gasteiger partial charge in [-0.15, -0.1) is 0 Å². The van der Waals surface area contributed by atoms with Crippen LogP contribution in [0, 0.1) is 0 Å². The maximum absolute atomic E-state index is 11.3. The van der Waals surface area contributed by atoms with Gasteiger partial charge in [0.1, 0.15) is 18.1 Å². The molecule has 0 heterocycles. The molecule has 0 radical (unpaired) electrons. The molecular weight excluding hydrogens is 364 g/mol. The van der Waals surface area contributed by atoms with E-state index in [1.165, 1.54) is 6.92 Å². The lowest BCUT2D eigenvalue weighted by atomic mass is 10.2. The normalized spacial score (nSPS) is 10.3. The summed E-state index contributed by atoms with van der Waals surface area (Å²) in [6.45, 7) is 3.18. The molecule has 3 aromatic rings. The molecule has 0 unspecified atom stereocenters. The van der Waals surface area contributed by atoms with Crippen molar-refractivity contribution in [2.45, 2.75) is 13.5 Å². The average molecular weight is 390 g/mol. The zero-order chi connectivity index (χ0) is 20.5. The number of carbonyl (C=O) groups excluding carboxylic acids is 1. The fourth-order valence-electron chi connectivity index (χ4n) is 3.01. The van der Waals surface area contributed by atoms with Gasteiger partial charge in [-0.1, -0.05) is 42.5 Å². The maximum Gasteiger partial charge on any atom is 0.216 e. The maximum atomic E-state index is 11.3. The first-order valence-electron chi connectivity index (χ1n) is 9.58. The Labute approximate surface area is 171 Å². The highest BCUT2D eigenvalue weighted by molar-refractivity contribution is 5.73. The number of hydrogen-bond acceptors (Lipinski definition) is 4. The van der Waals surface area contributed by atoms with Gasteiger partial charge in [0.05, 0.1) is 7.11 Å². The molecular formula is C24H26N2O3. The lowest BCUT2D eigenvalue weighted by Crippen LogP contribution is -2.31. The number of amides is 1. The summed E-state index contributed by atoms with van der Waals surface area (Å²) in [6, 6.07) is 25.9. The molecule has 0 saturated heterocycles. The Morgan fingerprint density at radius 1 is 0.897 bits per heavy atom. The number of benzene rings is 3. The Morgan fingerprint density at radius 3 is 2.21 bits per heavy atom. The number of carbonyl (C=O) groups is 1. The van der Waals surface area contributed by atoms with Crippen LogP contribution >= 0.6 is 0 Å². The molecule has 3 aromatic carbocycles. The second kappa shape index (κ2) is 10.2. The highest BCUT2D eigenvalue weighted by atomic mass is 16.5. The Kier molecular flexibility index (Phi) is 7.11. The van der Waals surface area contributed by atoms with E-state index in [1.54, 1.807) is 7.11 Å². The van der Waals surface area contributed by atoms with Crippen molar-refractivity contribution in [3.63, 3.8) is 0 Å². The van der Waals surface area contributed by atoms with Crippen LogP contribution in [0.3, 0.4) is 0 Å². The molecule has 0 aliphatic carbocycles. The van der Waals surface area contributed by atoms with Gasteiger partial charge in [-0.3, -0.25) is 4.79 Å². The van der Waals surface area contributed by atoms with Crippen LogP contribution < -0.4 is 19.7 Å². The summed E-state index contributed by atoms with van der Waals surface area (Å²) >= 11 is 0. The monoisotopic (exact) mass is 390 g/mol. The van der Waals surface area contributed by atoms with E-state index in [1.807, 2.05) is 78.9 Å². The molecule has 1 N–H and O–H groups in total. The SMILES string of the molecule is COc1cccc(N(CCNC(C)=O)c2cccc(OCc3ccccc3)c2)c1. The van der Waals surface area contributed by atoms with Crippen molar-refractivity contribution in [1.29, 1.82) is 0 Å². The molecule has 3 rings (SSSR count). The summed E-state index contributed by atoms with van der Waals surface area (Å²) < 4.78 is 11.4. The molecule has 0 saturated carbocycles. The molecule has 0 atom stereocenters. The first-order valence-corrected chi connectivity index (χ1v) is 9.58. The molecule has 0 aromatic heterocycles. The molecule has 150 valence electrons. The van der Waals surface area contributed by atoms with Crippen molar-refractivity contribution >= 4 is 17.3 Å². The summed E-state index contributed by atoms with van der Waals surface area (Å²) in [5, 5.41) is 2.86. The third-order valence-corrected chi connectivity index (χ3v) is 4.45. The smallest absolute Gasteiger partial charge is 0.216 e. The minimum absolute atomic E-state index is 0.0458. The number of ether oxygens (including phenoxy) is 2. The van der Waals surface area contributed by atoms with Crippen LogP contribution in [0.2, 0.25) is 0 Å². The quantitative estimate of drug-likeness (QED) is 0.582. The topological polar surface area (TPSA) is 50.8 Å². The van der Waals surface area contributed by atoms with Crippen LogP contribution in [-0.4, -0.2) is 26.1 Å². The Morgan fingerprint density at radius 2 is 1.55 bits per heavy atom. The second-order valence-electron chi connectivity index (χ2n) is 6.61. The first-order chi connectivity index (χ1) is 14.2. The van der Waals surface area contributed by atoms with Gasteiger partial charge in [0.25, 0.3) is 0 Å². The van der Waals surface area contributed by atoms with Gasteiger partial charge in [0, 0.05) is 43.5 Å². The van der Waals surface area contributed by atoms with Gasteiger partial charge in [-0.05, 0) is 29.8 Å². The summed E-state index contributed by atoms with van der Waals surface area (Å²) in [4.78, 5) is 13.4. The highest BCUT2D eigenvalue weighted by Gasteiger charge is 2.12. The average Bonchev–Trinajstić information content (AvgIpc) is 2.76. The molecule has 0 fully saturated rings. The molecule has 0 aliphatic rings. The van der Waals surface area contributed by atoms with Crippen molar-refractivity contribution in [1.82, 2.24) is 5.32 Å². The van der Waals surface area contributed by atoms with Gasteiger partial charge in [-0.2, -0.15) is 0 Å². The van der Waals surface area contributed by atoms with E-state index in [4.69, 9.17) is 9.47 Å². The van der Waals surface area contributed by atoms with E-state index in [9.17, 15) is 4.79 Å². The van der Waals surface area contributed by atoms with Gasteiger partial charge in [-0.25, -0.2) is 0 Å².